The maximum Gasteiger partial charge on any atom is 0.161 e. The van der Waals surface area contributed by atoms with Crippen LogP contribution in [0.2, 0.25) is 0 Å². The molecule has 1 unspecified atom stereocenters. The summed E-state index contributed by atoms with van der Waals surface area (Å²) in [5.74, 6) is 1.83. The second-order valence-electron chi connectivity index (χ2n) is 4.32. The highest BCUT2D eigenvalue weighted by Crippen LogP contribution is 2.20. The van der Waals surface area contributed by atoms with Crippen molar-refractivity contribution in [2.75, 3.05) is 24.7 Å². The van der Waals surface area contributed by atoms with Crippen LogP contribution in [0.5, 0.6) is 0 Å². The Kier molecular flexibility index (Phi) is 4.45. The fourth-order valence-electron chi connectivity index (χ4n) is 1.66. The van der Waals surface area contributed by atoms with Gasteiger partial charge in [0.2, 0.25) is 0 Å². The molecule has 17 heavy (non-hydrogen) atoms. The zero-order chi connectivity index (χ0) is 12.1. The third kappa shape index (κ3) is 3.75. The summed E-state index contributed by atoms with van der Waals surface area (Å²) in [6.07, 6.45) is 0. The molecule has 0 aliphatic carbocycles. The Balaban J connectivity index is 2.00. The average molecular weight is 250 g/mol. The zero-order valence-corrected chi connectivity index (χ0v) is 11.1. The normalized spacial score (nSPS) is 19.9. The second-order valence-corrected chi connectivity index (χ2v) is 5.33. The second kappa shape index (κ2) is 6.07. The number of hydrogen-bond acceptors (Lipinski definition) is 4. The molecule has 1 atom stereocenters. The van der Waals surface area contributed by atoms with Gasteiger partial charge < -0.3 is 10.1 Å². The fraction of sp³-hybridized carbons (Fsp3) is 0.462. The number of rotatable bonds is 3. The van der Waals surface area contributed by atoms with Crippen molar-refractivity contribution in [3.8, 4) is 0 Å². The monoisotopic (exact) mass is 250 g/mol. The first-order valence-electron chi connectivity index (χ1n) is 5.80. The summed E-state index contributed by atoms with van der Waals surface area (Å²) >= 11 is 1.79. The van der Waals surface area contributed by atoms with Gasteiger partial charge in [-0.05, 0) is 23.6 Å². The lowest BCUT2D eigenvalue weighted by molar-refractivity contribution is 0.185. The summed E-state index contributed by atoms with van der Waals surface area (Å²) in [6, 6.07) is 8.25. The summed E-state index contributed by atoms with van der Waals surface area (Å²) in [4.78, 5) is 4.52. The number of hydrogen-bond donors (Lipinski definition) is 1. The van der Waals surface area contributed by atoms with Crippen molar-refractivity contribution in [1.82, 2.24) is 0 Å². The Morgan fingerprint density at radius 3 is 3.12 bits per heavy atom. The molecule has 1 N–H and O–H groups in total. The van der Waals surface area contributed by atoms with Crippen molar-refractivity contribution in [3.63, 3.8) is 0 Å². The highest BCUT2D eigenvalue weighted by atomic mass is 32.2. The smallest absolute Gasteiger partial charge is 0.161 e. The van der Waals surface area contributed by atoms with E-state index in [-0.39, 0.29) is 0 Å². The molecule has 1 heterocycles. The van der Waals surface area contributed by atoms with Crippen LogP contribution in [0.1, 0.15) is 12.5 Å². The van der Waals surface area contributed by atoms with Gasteiger partial charge in [0, 0.05) is 25.1 Å². The molecule has 0 fully saturated rings. The molecule has 0 bridgehead atoms. The molecule has 1 aliphatic heterocycles. The third-order valence-electron chi connectivity index (χ3n) is 2.54. The van der Waals surface area contributed by atoms with E-state index in [4.69, 9.17) is 4.74 Å². The molecule has 0 spiro atoms. The first-order valence-corrected chi connectivity index (χ1v) is 6.78. The summed E-state index contributed by atoms with van der Waals surface area (Å²) in [5, 5.41) is 4.38. The van der Waals surface area contributed by atoms with E-state index in [1.165, 1.54) is 5.56 Å². The van der Waals surface area contributed by atoms with Crippen molar-refractivity contribution in [2.45, 2.75) is 13.5 Å². The van der Waals surface area contributed by atoms with Gasteiger partial charge >= 0.3 is 0 Å². The van der Waals surface area contributed by atoms with Gasteiger partial charge in [-0.1, -0.05) is 30.8 Å². The van der Waals surface area contributed by atoms with Gasteiger partial charge in [0.1, 0.15) is 0 Å². The van der Waals surface area contributed by atoms with Crippen molar-refractivity contribution in [2.24, 2.45) is 10.9 Å². The molecular weight excluding hydrogens is 232 g/mol. The number of ether oxygens (including phenoxy) is 1. The summed E-state index contributed by atoms with van der Waals surface area (Å²) < 4.78 is 5.12. The van der Waals surface area contributed by atoms with Crippen LogP contribution >= 0.6 is 11.8 Å². The number of amidine groups is 1. The predicted octanol–water partition coefficient (Wildman–Crippen LogP) is 2.98. The van der Waals surface area contributed by atoms with Gasteiger partial charge in [0.05, 0.1) is 6.61 Å². The lowest BCUT2D eigenvalue weighted by Crippen LogP contribution is -2.18. The number of anilines is 1. The van der Waals surface area contributed by atoms with Crippen LogP contribution in [-0.2, 0) is 11.3 Å². The number of aliphatic imine (C=N–C) groups is 1. The maximum atomic E-state index is 5.12. The summed E-state index contributed by atoms with van der Waals surface area (Å²) in [5.41, 5.74) is 2.26. The number of methoxy groups -OCH3 is 1. The van der Waals surface area contributed by atoms with Crippen LogP contribution in [0.15, 0.2) is 29.3 Å². The Bertz CT molecular complexity index is 406. The highest BCUT2D eigenvalue weighted by molar-refractivity contribution is 8.14. The minimum atomic E-state index is 0.645. The number of nitrogens with zero attached hydrogens (tertiary/aromatic N) is 1. The van der Waals surface area contributed by atoms with Gasteiger partial charge in [-0.2, -0.15) is 0 Å². The van der Waals surface area contributed by atoms with Crippen LogP contribution in [0, 0.1) is 5.92 Å². The molecule has 0 saturated heterocycles. The Hall–Kier alpha value is -1.00. The van der Waals surface area contributed by atoms with E-state index in [1.807, 2.05) is 6.07 Å². The van der Waals surface area contributed by atoms with Crippen molar-refractivity contribution in [3.05, 3.63) is 29.8 Å². The van der Waals surface area contributed by atoms with E-state index in [0.29, 0.717) is 12.5 Å². The third-order valence-corrected chi connectivity index (χ3v) is 3.78. The fourth-order valence-corrected chi connectivity index (χ4v) is 2.57. The van der Waals surface area contributed by atoms with Gasteiger partial charge in [-0.3, -0.25) is 4.99 Å². The molecule has 1 aliphatic rings. The molecule has 0 amide bonds. The van der Waals surface area contributed by atoms with Crippen molar-refractivity contribution in [1.29, 1.82) is 0 Å². The van der Waals surface area contributed by atoms with Gasteiger partial charge in [-0.25, -0.2) is 0 Å². The van der Waals surface area contributed by atoms with Gasteiger partial charge in [0.15, 0.2) is 5.17 Å². The maximum absolute atomic E-state index is 5.12. The van der Waals surface area contributed by atoms with E-state index < -0.39 is 0 Å². The molecule has 0 saturated carbocycles. The molecule has 92 valence electrons. The molecule has 1 aromatic carbocycles. The SMILES string of the molecule is COCc1cccc(NC2=NCC(C)CS2)c1. The molecule has 2 rings (SSSR count). The largest absolute Gasteiger partial charge is 0.380 e. The zero-order valence-electron chi connectivity index (χ0n) is 10.3. The molecule has 1 aromatic rings. The van der Waals surface area contributed by atoms with E-state index in [2.05, 4.69) is 35.4 Å². The molecule has 3 nitrogen and oxygen atoms in total. The lowest BCUT2D eigenvalue weighted by Gasteiger charge is -2.18. The van der Waals surface area contributed by atoms with E-state index in [9.17, 15) is 0 Å². The first kappa shape index (κ1) is 12.5. The Labute approximate surface area is 107 Å². The van der Waals surface area contributed by atoms with Crippen LogP contribution in [0.25, 0.3) is 0 Å². The molecule has 0 aromatic heterocycles. The van der Waals surface area contributed by atoms with Gasteiger partial charge in [0.25, 0.3) is 0 Å². The topological polar surface area (TPSA) is 33.6 Å². The molecule has 4 heteroatoms. The molecular formula is C13H18N2OS. The van der Waals surface area contributed by atoms with E-state index in [1.54, 1.807) is 18.9 Å². The quantitative estimate of drug-likeness (QED) is 0.895. The van der Waals surface area contributed by atoms with Crippen molar-refractivity contribution < 1.29 is 4.74 Å². The van der Waals surface area contributed by atoms with Crippen LogP contribution < -0.4 is 5.32 Å². The van der Waals surface area contributed by atoms with Crippen LogP contribution in [0.4, 0.5) is 5.69 Å². The first-order chi connectivity index (χ1) is 8.28. The number of thioether (sulfide) groups is 1. The molecule has 0 radical (unpaired) electrons. The van der Waals surface area contributed by atoms with E-state index >= 15 is 0 Å². The Morgan fingerprint density at radius 2 is 2.41 bits per heavy atom. The minimum Gasteiger partial charge on any atom is -0.380 e. The van der Waals surface area contributed by atoms with Crippen LogP contribution in [0.3, 0.4) is 0 Å². The number of benzene rings is 1. The van der Waals surface area contributed by atoms with E-state index in [0.717, 1.165) is 23.2 Å². The minimum absolute atomic E-state index is 0.645. The number of nitrogens with one attached hydrogen (secondary N) is 1. The summed E-state index contributed by atoms with van der Waals surface area (Å²) in [7, 11) is 1.71. The predicted molar refractivity (Wildman–Crippen MR) is 74.7 cm³/mol. The standard InChI is InChI=1S/C13H18N2OS/c1-10-7-14-13(17-9-10)15-12-5-3-4-11(6-12)8-16-2/h3-6,10H,7-9H2,1-2H3,(H,14,15). The van der Waals surface area contributed by atoms with Crippen molar-refractivity contribution >= 4 is 22.6 Å². The Morgan fingerprint density at radius 1 is 1.53 bits per heavy atom. The lowest BCUT2D eigenvalue weighted by atomic mass is 10.2. The summed E-state index contributed by atoms with van der Waals surface area (Å²) in [6.45, 7) is 3.80. The van der Waals surface area contributed by atoms with Gasteiger partial charge in [-0.15, -0.1) is 0 Å². The average Bonchev–Trinajstić information content (AvgIpc) is 2.33. The highest BCUT2D eigenvalue weighted by Gasteiger charge is 2.11. The van der Waals surface area contributed by atoms with Crippen LogP contribution in [-0.4, -0.2) is 24.6 Å².